The zero-order valence-electron chi connectivity index (χ0n) is 72.7. The number of carbonyl (C=O) groups is 4. The number of H-pyrrole nitrogens is 6. The number of hydrogen-bond acceptors (Lipinski definition) is 17. The maximum absolute atomic E-state index is 12.2. The van der Waals surface area contributed by atoms with E-state index in [9.17, 15) is 49.8 Å². The molecule has 638 valence electrons. The van der Waals surface area contributed by atoms with Crippen molar-refractivity contribution < 1.29 is 74.0 Å². The molecule has 28 heteroatoms. The van der Waals surface area contributed by atoms with E-state index in [0.29, 0.717) is 147 Å². The van der Waals surface area contributed by atoms with Gasteiger partial charge in [-0.25, -0.2) is 49.8 Å². The molecule has 19 rings (SSSR count). The summed E-state index contributed by atoms with van der Waals surface area (Å²) in [4.78, 5) is 120. The smallest absolute Gasteiger partial charge is 0.481 e. The Hall–Kier alpha value is -14.2. The first-order chi connectivity index (χ1) is 61.0. The summed E-state index contributed by atoms with van der Waals surface area (Å²) in [6.45, 7) is 22.9. The Morgan fingerprint density at radius 3 is 0.984 bits per heavy atom. The molecule has 27 nitrogen and oxygen atoms in total. The summed E-state index contributed by atoms with van der Waals surface area (Å²) in [6.07, 6.45) is -2.72. The van der Waals surface area contributed by atoms with Crippen LogP contribution >= 0.6 is 0 Å². The quantitative estimate of drug-likeness (QED) is 0.0355. The molecule has 128 heavy (non-hydrogen) atoms. The Bertz CT molecular complexity index is 7320. The van der Waals surface area contributed by atoms with Crippen LogP contribution in [-0.4, -0.2) is 146 Å². The molecule has 24 bridgehead atoms. The number of nitrogens with one attached hydrogen (secondary N) is 6. The molecule has 0 aliphatic carbocycles. The molecule has 0 saturated heterocycles. The van der Waals surface area contributed by atoms with Gasteiger partial charge in [0.1, 0.15) is 22.6 Å². The average molecular weight is 1760 g/mol. The van der Waals surface area contributed by atoms with Crippen molar-refractivity contribution >= 4 is 157 Å². The van der Waals surface area contributed by atoms with E-state index in [2.05, 4.69) is 29.9 Å². The van der Waals surface area contributed by atoms with Gasteiger partial charge < -0.3 is 65.3 Å². The number of aliphatic hydroxyl groups excluding tert-OH is 2. The summed E-state index contributed by atoms with van der Waals surface area (Å²) < 4.78 is 7.26. The van der Waals surface area contributed by atoms with Crippen molar-refractivity contribution in [1.82, 2.24) is 79.7 Å². The SMILES string of the molecule is CC1=C(CCC(=O)O)c2cc3[nH]c(cc4nc(cc5[nH]c(cc1n2)c(C)c5C(C)OC(C)C1=C(C)c2cc5[nH]c(cc6nc(cc7[nH]c(cc1n2)c(C)c7CCC(=O)O)C(CCC(=O)O)=C6C)c(C)c5C(C)O)C(C)=C4C(C)O)c(C)c3CCC(=O)O.[Zn+2].c1ccc2c(c1)-c1nc-2nc2[nH]c(nc3nc(nc4[nH]c(n1)c1ccccc41)-c1ccccc1-3)c1ccccc21. The summed E-state index contributed by atoms with van der Waals surface area (Å²) >= 11 is 0. The Kier molecular flexibility index (Phi) is 23.0. The molecule has 13 aromatic rings. The van der Waals surface area contributed by atoms with Crippen molar-refractivity contribution in [3.63, 3.8) is 0 Å². The van der Waals surface area contributed by atoms with Crippen molar-refractivity contribution in [2.45, 2.75) is 159 Å². The maximum Gasteiger partial charge on any atom is 2.00 e. The van der Waals surface area contributed by atoms with Crippen molar-refractivity contribution in [3.05, 3.63) is 236 Å². The number of aromatic amines is 6. The second kappa shape index (κ2) is 34.3. The molecule has 4 atom stereocenters. The second-order valence-corrected chi connectivity index (χ2v) is 33.2. The number of benzene rings is 4. The number of aryl methyl sites for hydroxylation is 6. The van der Waals surface area contributed by atoms with Gasteiger partial charge in [0.25, 0.3) is 0 Å². The number of aromatic nitrogens is 16. The molecule has 0 amide bonds. The van der Waals surface area contributed by atoms with E-state index < -0.39 is 48.3 Å². The minimum atomic E-state index is -0.958. The third-order valence-corrected chi connectivity index (χ3v) is 25.1. The molecule has 4 aromatic carbocycles. The van der Waals surface area contributed by atoms with Gasteiger partial charge in [0.05, 0.1) is 70.0 Å². The van der Waals surface area contributed by atoms with Gasteiger partial charge >= 0.3 is 43.4 Å². The zero-order chi connectivity index (χ0) is 89.0. The standard InChI is InChI=1S/C68H74N8O11.C32H18N8.Zn/c1-29-41(13-17-61(79)80)53-28-56-44(16-20-64(85)86)32(4)48(72-56)24-59-68(36(8)52(76-59)25-58-65(37(9)77)33(5)49(73-58)21-45(29)69-53)40(12)87-39(11)67-35(7)50-22-46-30(2)42(14-18-62(81)82)54(70-46)27-55-43(15-19-63(83)84)31(3)47(71-55)23-57-66(38(10)78)34(6)51(74-57)26-60(67)75-50;1-2-10-18-17(9-1)25-33-26(18)38-28-21-13-5-6-14-22(21)30(35-28)40-32-24-16-8-7-15-23(24)31(36-32)39-29-20-12-4-3-11-19(20)27(34-29)37-25;/h21-28,37-40,71-73,75,77-78H,13-20H2,1-12H3,(H,79,80)(H,81,82)(H,83,84)(H,85,86);1-16H,(H2,33,34,35,36,37,38,39,40);/q;;+2. The zero-order valence-corrected chi connectivity index (χ0v) is 75.7. The molecular formula is C100H92N16O11Zn+2. The topological polar surface area (TPSA) is 423 Å². The van der Waals surface area contributed by atoms with E-state index in [1.807, 2.05) is 215 Å². The van der Waals surface area contributed by atoms with Gasteiger partial charge in [-0.15, -0.1) is 0 Å². The van der Waals surface area contributed by atoms with Crippen LogP contribution in [0, 0.1) is 27.7 Å². The number of rotatable bonds is 18. The fourth-order valence-corrected chi connectivity index (χ4v) is 18.6. The van der Waals surface area contributed by atoms with Crippen molar-refractivity contribution in [3.8, 4) is 45.6 Å². The number of allylic oxidation sites excluding steroid dienone is 6. The van der Waals surface area contributed by atoms with Gasteiger partial charge in [-0.3, -0.25) is 19.2 Å². The van der Waals surface area contributed by atoms with Gasteiger partial charge in [0.2, 0.25) is 0 Å². The molecule has 12 N–H and O–H groups in total. The number of ether oxygens (including phenoxy) is 1. The van der Waals surface area contributed by atoms with Crippen LogP contribution in [0.25, 0.3) is 178 Å². The van der Waals surface area contributed by atoms with E-state index in [4.69, 9.17) is 54.6 Å². The first kappa shape index (κ1) is 86.0. The summed E-state index contributed by atoms with van der Waals surface area (Å²) in [5.74, 6) is -1.43. The molecule has 15 heterocycles. The molecule has 0 saturated carbocycles. The van der Waals surface area contributed by atoms with Gasteiger partial charge in [-0.2, -0.15) is 0 Å². The monoisotopic (exact) mass is 1760 g/mol. The molecule has 6 aliphatic rings. The first-order valence-electron chi connectivity index (χ1n) is 42.4. The van der Waals surface area contributed by atoms with Gasteiger partial charge in [-0.1, -0.05) is 97.1 Å². The minimum Gasteiger partial charge on any atom is -0.481 e. The minimum absolute atomic E-state index is 0. The molecular weight excluding hydrogens is 1670 g/mol. The van der Waals surface area contributed by atoms with Crippen molar-refractivity contribution in [1.29, 1.82) is 0 Å². The Labute approximate surface area is 746 Å². The predicted molar refractivity (Wildman–Crippen MR) is 494 cm³/mol. The van der Waals surface area contributed by atoms with Crippen LogP contribution in [0.1, 0.15) is 196 Å². The van der Waals surface area contributed by atoms with Crippen molar-refractivity contribution in [2.24, 2.45) is 0 Å². The first-order valence-corrected chi connectivity index (χ1v) is 42.4. The fourth-order valence-electron chi connectivity index (χ4n) is 18.6. The van der Waals surface area contributed by atoms with Crippen LogP contribution in [0.5, 0.6) is 0 Å². The summed E-state index contributed by atoms with van der Waals surface area (Å²) in [7, 11) is 0. The van der Waals surface area contributed by atoms with E-state index in [-0.39, 0.29) is 70.8 Å². The number of hydrogen-bond donors (Lipinski definition) is 12. The number of nitrogens with zero attached hydrogens (tertiary/aromatic N) is 10. The van der Waals surface area contributed by atoms with Crippen LogP contribution in [-0.2, 0) is 56.2 Å². The van der Waals surface area contributed by atoms with Crippen LogP contribution in [0.15, 0.2) is 146 Å². The number of aliphatic hydroxyl groups is 2. The molecule has 0 radical (unpaired) electrons. The number of carboxylic acid groups (broad SMARTS) is 4. The molecule has 6 aliphatic heterocycles. The van der Waals surface area contributed by atoms with E-state index in [1.165, 1.54) is 0 Å². The third-order valence-electron chi connectivity index (χ3n) is 25.1. The Morgan fingerprint density at radius 2 is 0.609 bits per heavy atom. The summed E-state index contributed by atoms with van der Waals surface area (Å²) in [6, 6.07) is 47.5. The largest absolute Gasteiger partial charge is 2.00 e. The van der Waals surface area contributed by atoms with Crippen LogP contribution in [0.3, 0.4) is 0 Å². The molecule has 4 unspecified atom stereocenters. The van der Waals surface area contributed by atoms with E-state index >= 15 is 0 Å². The maximum atomic E-state index is 12.2. The van der Waals surface area contributed by atoms with Crippen LogP contribution in [0.2, 0.25) is 0 Å². The number of carboxylic acids is 4. The van der Waals surface area contributed by atoms with E-state index in [0.717, 1.165) is 122 Å². The third kappa shape index (κ3) is 15.9. The summed E-state index contributed by atoms with van der Waals surface area (Å²) in [5.41, 5.74) is 28.9. The molecule has 0 fully saturated rings. The van der Waals surface area contributed by atoms with Gasteiger partial charge in [-0.05, 0) is 224 Å². The average Bonchev–Trinajstić information content (AvgIpc) is 1.61. The van der Waals surface area contributed by atoms with Crippen LogP contribution < -0.4 is 0 Å². The van der Waals surface area contributed by atoms with Crippen LogP contribution in [0.4, 0.5) is 0 Å². The Morgan fingerprint density at radius 1 is 0.312 bits per heavy atom. The summed E-state index contributed by atoms with van der Waals surface area (Å²) in [5, 5.41) is 66.0. The van der Waals surface area contributed by atoms with Gasteiger partial charge in [0, 0.05) is 136 Å². The number of aliphatic carboxylic acids is 4. The van der Waals surface area contributed by atoms with Crippen molar-refractivity contribution in [2.75, 3.05) is 0 Å². The normalized spacial score (nSPS) is 13.9. The molecule has 0 spiro atoms. The molecule has 9 aromatic heterocycles. The number of fused-ring (bicyclic) bond motifs is 36. The van der Waals surface area contributed by atoms with E-state index in [1.54, 1.807) is 13.8 Å². The van der Waals surface area contributed by atoms with Gasteiger partial charge in [0.15, 0.2) is 23.3 Å². The predicted octanol–water partition coefficient (Wildman–Crippen LogP) is 20.1. The Balaban J connectivity index is 0.000000231. The second-order valence-electron chi connectivity index (χ2n) is 33.2. The fraction of sp³-hybridized carbons (Fsp3) is 0.240.